The largest absolute Gasteiger partial charge is 0.388 e. The highest BCUT2D eigenvalue weighted by atomic mass is 16.7. The van der Waals surface area contributed by atoms with Gasteiger partial charge in [-0.15, -0.1) is 0 Å². The molecule has 3 fully saturated rings. The Morgan fingerprint density at radius 2 is 1.77 bits per heavy atom. The molecule has 0 bridgehead atoms. The minimum absolute atomic E-state index is 0.0988. The van der Waals surface area contributed by atoms with E-state index in [4.69, 9.17) is 41.7 Å². The second-order valence-corrected chi connectivity index (χ2v) is 11.1. The van der Waals surface area contributed by atoms with E-state index in [1.807, 2.05) is 0 Å². The Kier molecular flexibility index (Phi) is 12.3. The zero-order valence-corrected chi connectivity index (χ0v) is 23.2. The van der Waals surface area contributed by atoms with Gasteiger partial charge in [0.25, 0.3) is 0 Å². The van der Waals surface area contributed by atoms with Crippen LogP contribution in [-0.2, 0) is 23.7 Å². The van der Waals surface area contributed by atoms with Crippen molar-refractivity contribution in [3.8, 4) is 0 Å². The van der Waals surface area contributed by atoms with Crippen LogP contribution in [0.15, 0.2) is 5.11 Å². The number of hydrogen-bond acceptors (Lipinski definition) is 14. The van der Waals surface area contributed by atoms with Gasteiger partial charge in [0.05, 0.1) is 24.8 Å². The molecule has 230 valence electrons. The van der Waals surface area contributed by atoms with Crippen LogP contribution in [0.1, 0.15) is 45.4 Å². The Labute approximate surface area is 233 Å². The van der Waals surface area contributed by atoms with Crippen LogP contribution in [0, 0.1) is 5.53 Å². The molecular weight excluding hydrogens is 528 g/mol. The Balaban J connectivity index is 1.55. The molecule has 3 rings (SSSR count). The SMILES string of the molecule is CNC1C(O)C(OC2C(N)CC(N)C(OC3OC(CNC(=O)CCCCN=[N+]=N)CCC3N)C2O)OCC1(C)O. The molecule has 0 spiro atoms. The fourth-order valence-corrected chi connectivity index (χ4v) is 5.50. The van der Waals surface area contributed by atoms with Gasteiger partial charge in [-0.1, -0.05) is 0 Å². The topological polar surface area (TPSA) is 267 Å². The maximum atomic E-state index is 12.2. The number of aliphatic hydroxyl groups excluding tert-OH is 2. The summed E-state index contributed by atoms with van der Waals surface area (Å²) in [4.78, 5) is 15.1. The van der Waals surface area contributed by atoms with Gasteiger partial charge in [-0.2, -0.15) is 0 Å². The minimum atomic E-state index is -1.32. The number of likely N-dealkylation sites (N-methyl/N-ethyl adjacent to an activating group) is 1. The number of rotatable bonds is 12. The van der Waals surface area contributed by atoms with Crippen LogP contribution in [-0.4, -0.2) is 121 Å². The van der Waals surface area contributed by atoms with Crippen LogP contribution >= 0.6 is 0 Å². The van der Waals surface area contributed by atoms with Crippen LogP contribution < -0.4 is 32.7 Å². The molecule has 3 aliphatic rings. The minimum Gasteiger partial charge on any atom is -0.388 e. The number of carbonyl (C=O) groups is 1. The molecule has 0 radical (unpaired) electrons. The van der Waals surface area contributed by atoms with Crippen molar-refractivity contribution in [2.45, 2.75) is 118 Å². The molecule has 16 nitrogen and oxygen atoms in total. The first-order valence-corrected chi connectivity index (χ1v) is 13.9. The molecule has 2 heterocycles. The van der Waals surface area contributed by atoms with E-state index < -0.39 is 66.8 Å². The van der Waals surface area contributed by atoms with Crippen molar-refractivity contribution in [1.29, 1.82) is 5.53 Å². The van der Waals surface area contributed by atoms with E-state index in [2.05, 4.69) is 20.7 Å². The number of hydrogen-bond donors (Lipinski definition) is 9. The molecule has 0 aromatic heterocycles. The Morgan fingerprint density at radius 1 is 1.10 bits per heavy atom. The summed E-state index contributed by atoms with van der Waals surface area (Å²) in [5.74, 6) is -0.119. The first-order chi connectivity index (χ1) is 19.0. The van der Waals surface area contributed by atoms with Crippen molar-refractivity contribution in [1.82, 2.24) is 15.5 Å². The summed E-state index contributed by atoms with van der Waals surface area (Å²) >= 11 is 0. The number of aliphatic hydroxyl groups is 3. The number of carbonyl (C=O) groups excluding carboxylic acids is 1. The summed E-state index contributed by atoms with van der Waals surface area (Å²) in [6, 6.07) is -2.52. The lowest BCUT2D eigenvalue weighted by Gasteiger charge is -2.48. The molecule has 16 heteroatoms. The Morgan fingerprint density at radius 3 is 2.42 bits per heavy atom. The first kappa shape index (κ1) is 32.8. The average molecular weight is 576 g/mol. The summed E-state index contributed by atoms with van der Waals surface area (Å²) in [5.41, 5.74) is 24.2. The lowest BCUT2D eigenvalue weighted by Crippen LogP contribution is -2.68. The standard InChI is InChI=1S/C24H46N8O8/c1-24(36)11-37-23(18(35)21(24)29-2)40-20-15(27)9-14(26)19(17(20)34)39-22-13(25)7-6-12(38-22)10-30-16(33)5-3-4-8-31-32-28/h12-15,17-23,28-29,34-36H,3-11,25-27H2,1-2H3/p+1. The van der Waals surface area contributed by atoms with Crippen molar-refractivity contribution < 1.29 is 39.1 Å². The van der Waals surface area contributed by atoms with Crippen LogP contribution in [0.25, 0.3) is 0 Å². The quantitative estimate of drug-likeness (QED) is 0.0636. The van der Waals surface area contributed by atoms with Gasteiger partial charge in [0, 0.05) is 25.0 Å². The maximum Gasteiger partial charge on any atom is 0.220 e. The number of ether oxygens (including phenoxy) is 4. The normalized spacial score (nSPS) is 42.1. The molecule has 40 heavy (non-hydrogen) atoms. The number of nitrogens with zero attached hydrogens (tertiary/aromatic N) is 2. The summed E-state index contributed by atoms with van der Waals surface area (Å²) in [7, 11) is 1.61. The molecule has 1 amide bonds. The van der Waals surface area contributed by atoms with Gasteiger partial charge in [0.15, 0.2) is 12.6 Å². The van der Waals surface area contributed by atoms with Gasteiger partial charge in [0.1, 0.15) is 47.2 Å². The molecule has 12 atom stereocenters. The van der Waals surface area contributed by atoms with Gasteiger partial charge in [-0.25, -0.2) is 0 Å². The highest BCUT2D eigenvalue weighted by Gasteiger charge is 2.50. The van der Waals surface area contributed by atoms with Crippen LogP contribution in [0.2, 0.25) is 0 Å². The summed E-state index contributed by atoms with van der Waals surface area (Å²) in [6.07, 6.45) is -3.72. The second-order valence-electron chi connectivity index (χ2n) is 11.1. The zero-order chi connectivity index (χ0) is 29.4. The number of nitrogens with two attached hydrogens (primary N) is 3. The van der Waals surface area contributed by atoms with E-state index in [1.165, 1.54) is 0 Å². The predicted octanol–water partition coefficient (Wildman–Crippen LogP) is -3.10. The number of nitrogens with one attached hydrogen (secondary N) is 3. The van der Waals surface area contributed by atoms with Crippen LogP contribution in [0.3, 0.4) is 0 Å². The van der Waals surface area contributed by atoms with Gasteiger partial charge in [0.2, 0.25) is 10.8 Å². The fourth-order valence-electron chi connectivity index (χ4n) is 5.50. The fraction of sp³-hybridized carbons (Fsp3) is 0.958. The van der Waals surface area contributed by atoms with Crippen molar-refractivity contribution in [3.05, 3.63) is 0 Å². The van der Waals surface area contributed by atoms with Crippen molar-refractivity contribution in [2.24, 2.45) is 22.3 Å². The third-order valence-corrected chi connectivity index (χ3v) is 7.79. The molecular formula is C24H47N8O8+. The molecule has 12 N–H and O–H groups in total. The molecule has 1 saturated carbocycles. The Bertz CT molecular complexity index is 865. The van der Waals surface area contributed by atoms with Crippen LogP contribution in [0.5, 0.6) is 0 Å². The molecule has 12 unspecified atom stereocenters. The van der Waals surface area contributed by atoms with E-state index >= 15 is 0 Å². The molecule has 0 aromatic carbocycles. The van der Waals surface area contributed by atoms with Crippen LogP contribution in [0.4, 0.5) is 0 Å². The van der Waals surface area contributed by atoms with Gasteiger partial charge in [-0.3, -0.25) is 4.79 Å². The first-order valence-electron chi connectivity index (χ1n) is 13.9. The Hall–Kier alpha value is -1.66. The van der Waals surface area contributed by atoms with E-state index in [-0.39, 0.29) is 31.6 Å². The highest BCUT2D eigenvalue weighted by molar-refractivity contribution is 5.75. The molecule has 2 aliphatic heterocycles. The van der Waals surface area contributed by atoms with Crippen molar-refractivity contribution in [3.63, 3.8) is 0 Å². The van der Waals surface area contributed by atoms with Crippen molar-refractivity contribution in [2.75, 3.05) is 26.7 Å². The van der Waals surface area contributed by atoms with Gasteiger partial charge >= 0.3 is 0 Å². The monoisotopic (exact) mass is 575 g/mol. The molecule has 2 saturated heterocycles. The molecule has 1 aliphatic carbocycles. The lowest BCUT2D eigenvalue weighted by atomic mass is 9.84. The summed E-state index contributed by atoms with van der Waals surface area (Å²) < 4.78 is 23.7. The van der Waals surface area contributed by atoms with Crippen molar-refractivity contribution >= 4 is 5.91 Å². The predicted molar refractivity (Wildman–Crippen MR) is 140 cm³/mol. The highest BCUT2D eigenvalue weighted by Crippen LogP contribution is 2.31. The third-order valence-electron chi connectivity index (χ3n) is 7.79. The lowest BCUT2D eigenvalue weighted by molar-refractivity contribution is -0.306. The van der Waals surface area contributed by atoms with Gasteiger partial charge < -0.3 is 62.1 Å². The average Bonchev–Trinajstić information content (AvgIpc) is 2.90. The molecule has 0 aromatic rings. The smallest absolute Gasteiger partial charge is 0.220 e. The third kappa shape index (κ3) is 8.44. The van der Waals surface area contributed by atoms with E-state index in [0.29, 0.717) is 38.6 Å². The maximum absolute atomic E-state index is 12.2. The number of unbranched alkanes of at least 4 members (excludes halogenated alkanes) is 1. The van der Waals surface area contributed by atoms with E-state index in [9.17, 15) is 20.1 Å². The van der Waals surface area contributed by atoms with Gasteiger partial charge in [-0.05, 0) is 46.1 Å². The zero-order valence-electron chi connectivity index (χ0n) is 23.2. The number of amides is 1. The summed E-state index contributed by atoms with van der Waals surface area (Å²) in [5, 5.41) is 41.8. The second kappa shape index (κ2) is 15.0. The van der Waals surface area contributed by atoms with E-state index in [0.717, 1.165) is 0 Å². The summed E-state index contributed by atoms with van der Waals surface area (Å²) in [6.45, 7) is 2.14. The van der Waals surface area contributed by atoms with E-state index in [1.54, 1.807) is 14.0 Å².